The summed E-state index contributed by atoms with van der Waals surface area (Å²) in [5, 5.41) is 0. The number of ether oxygens (including phenoxy) is 1. The number of allylic oxidation sites excluding steroid dienone is 8. The van der Waals surface area contributed by atoms with Gasteiger partial charge in [0.15, 0.2) is 6.04 Å². The summed E-state index contributed by atoms with van der Waals surface area (Å²) in [5.41, 5.74) is 2.01. The molecule has 0 saturated carbocycles. The Morgan fingerprint density at radius 3 is 2.40 bits per heavy atom. The van der Waals surface area contributed by atoms with Gasteiger partial charge in [-0.2, -0.15) is 0 Å². The zero-order chi connectivity index (χ0) is 20.7. The minimum atomic E-state index is -0.627. The molecule has 0 heterocycles. The third-order valence-corrected chi connectivity index (χ3v) is 4.04. The summed E-state index contributed by atoms with van der Waals surface area (Å²) in [7, 11) is 0. The van der Waals surface area contributed by atoms with Crippen LogP contribution in [0.1, 0.15) is 12.5 Å². The number of carbonyl (C=O) groups excluding carboxylic acids is 1. The van der Waals surface area contributed by atoms with Gasteiger partial charge in [0.1, 0.15) is 0 Å². The van der Waals surface area contributed by atoms with Crippen LogP contribution in [-0.2, 0) is 33.1 Å². The van der Waals surface area contributed by atoms with Crippen LogP contribution in [0.5, 0.6) is 0 Å². The third kappa shape index (κ3) is 9.28. The Hall–Kier alpha value is -2.57. The molecule has 0 spiro atoms. The van der Waals surface area contributed by atoms with Crippen molar-refractivity contribution in [3.63, 3.8) is 0 Å². The molecule has 0 N–H and O–H groups in total. The SMILES string of the molecule is C=CCN(Cc1ccccc1)C(C#CC1=C[CH]C=C1)C(=O)OCC.[CH]1C=CC=C1.[Fe]. The first-order valence-corrected chi connectivity index (χ1v) is 9.70. The van der Waals surface area contributed by atoms with Crippen LogP contribution < -0.4 is 0 Å². The Morgan fingerprint density at radius 1 is 1.13 bits per heavy atom. The largest absolute Gasteiger partial charge is 0.464 e. The average molecular weight is 441 g/mol. The van der Waals surface area contributed by atoms with Gasteiger partial charge in [0.05, 0.1) is 6.61 Å². The molecule has 156 valence electrons. The molecule has 0 aliphatic heterocycles. The normalized spacial score (nSPS) is 14.0. The second-order valence-corrected chi connectivity index (χ2v) is 6.26. The molecule has 1 atom stereocenters. The van der Waals surface area contributed by atoms with Gasteiger partial charge in [-0.05, 0) is 12.5 Å². The van der Waals surface area contributed by atoms with E-state index in [1.54, 1.807) is 13.0 Å². The third-order valence-electron chi connectivity index (χ3n) is 4.04. The summed E-state index contributed by atoms with van der Waals surface area (Å²) in [4.78, 5) is 14.4. The topological polar surface area (TPSA) is 29.5 Å². The Balaban J connectivity index is 0.000000655. The van der Waals surface area contributed by atoms with E-state index in [4.69, 9.17) is 4.74 Å². The first-order valence-electron chi connectivity index (χ1n) is 9.70. The van der Waals surface area contributed by atoms with Gasteiger partial charge in [0, 0.05) is 48.6 Å². The molecule has 2 aliphatic rings. The van der Waals surface area contributed by atoms with Gasteiger partial charge >= 0.3 is 5.97 Å². The van der Waals surface area contributed by atoms with E-state index in [1.165, 1.54) is 0 Å². The van der Waals surface area contributed by atoms with E-state index in [1.807, 2.05) is 90.6 Å². The minimum absolute atomic E-state index is 0. The molecule has 0 bridgehead atoms. The van der Waals surface area contributed by atoms with Crippen LogP contribution in [0.25, 0.3) is 0 Å². The van der Waals surface area contributed by atoms with Gasteiger partial charge in [-0.15, -0.1) is 6.58 Å². The molecule has 1 aromatic rings. The van der Waals surface area contributed by atoms with Crippen molar-refractivity contribution in [1.29, 1.82) is 0 Å². The summed E-state index contributed by atoms with van der Waals surface area (Å²) in [6.07, 6.45) is 19.5. The van der Waals surface area contributed by atoms with E-state index in [0.29, 0.717) is 19.7 Å². The van der Waals surface area contributed by atoms with Gasteiger partial charge in [-0.25, -0.2) is 4.79 Å². The molecule has 3 nitrogen and oxygen atoms in total. The molecule has 3 rings (SSSR count). The molecule has 2 radical (unpaired) electrons. The minimum Gasteiger partial charge on any atom is -0.464 e. The Kier molecular flexibility index (Phi) is 13.0. The number of nitrogens with zero attached hydrogens (tertiary/aromatic N) is 1. The molecule has 0 fully saturated rings. The van der Waals surface area contributed by atoms with Gasteiger partial charge in [-0.3, -0.25) is 4.90 Å². The van der Waals surface area contributed by atoms with Crippen molar-refractivity contribution < 1.29 is 26.6 Å². The maximum absolute atomic E-state index is 12.4. The number of esters is 1. The van der Waals surface area contributed by atoms with E-state index in [9.17, 15) is 4.79 Å². The van der Waals surface area contributed by atoms with Gasteiger partial charge in [0.25, 0.3) is 0 Å². The molecule has 1 aromatic carbocycles. The van der Waals surface area contributed by atoms with Crippen LogP contribution in [-0.4, -0.2) is 30.1 Å². The van der Waals surface area contributed by atoms with Gasteiger partial charge < -0.3 is 4.74 Å². The molecule has 0 aromatic heterocycles. The van der Waals surface area contributed by atoms with Gasteiger partial charge in [0.2, 0.25) is 0 Å². The molecular formula is C26H27FeNO2. The van der Waals surface area contributed by atoms with Crippen molar-refractivity contribution >= 4 is 5.97 Å². The summed E-state index contributed by atoms with van der Waals surface area (Å²) in [6, 6.07) is 9.37. The summed E-state index contributed by atoms with van der Waals surface area (Å²) >= 11 is 0. The van der Waals surface area contributed by atoms with E-state index in [2.05, 4.69) is 18.4 Å². The van der Waals surface area contributed by atoms with E-state index in [-0.39, 0.29) is 23.0 Å². The van der Waals surface area contributed by atoms with Crippen molar-refractivity contribution in [3.8, 4) is 11.8 Å². The fraction of sp³-hybridized carbons (Fsp3) is 0.192. The van der Waals surface area contributed by atoms with Crippen LogP contribution >= 0.6 is 0 Å². The van der Waals surface area contributed by atoms with Crippen molar-refractivity contribution in [2.45, 2.75) is 19.5 Å². The first kappa shape index (κ1) is 25.5. The Morgan fingerprint density at radius 2 is 1.87 bits per heavy atom. The summed E-state index contributed by atoms with van der Waals surface area (Å²) in [6.45, 7) is 7.08. The predicted molar refractivity (Wildman–Crippen MR) is 119 cm³/mol. The smallest absolute Gasteiger partial charge is 0.335 e. The standard InChI is InChI=1S/C21H22NO2.C5H5.Fe/c1-3-16-22(17-19-12-6-5-7-13-19)20(21(23)24-4-2)15-14-18-10-8-9-11-18;1-2-4-5-3-1;/h3,5-13,20H,1,4,16-17H2,2H3;1-5H;. The second-order valence-electron chi connectivity index (χ2n) is 6.26. The number of hydrogen-bond donors (Lipinski definition) is 0. The number of carbonyl (C=O) groups is 1. The zero-order valence-corrected chi connectivity index (χ0v) is 18.3. The van der Waals surface area contributed by atoms with Crippen molar-refractivity contribution in [2.24, 2.45) is 0 Å². The summed E-state index contributed by atoms with van der Waals surface area (Å²) in [5.74, 6) is 5.80. The molecule has 30 heavy (non-hydrogen) atoms. The molecule has 0 saturated heterocycles. The summed E-state index contributed by atoms with van der Waals surface area (Å²) < 4.78 is 5.22. The van der Waals surface area contributed by atoms with Crippen LogP contribution in [0, 0.1) is 24.7 Å². The van der Waals surface area contributed by atoms with Gasteiger partial charge in [-0.1, -0.05) is 90.8 Å². The van der Waals surface area contributed by atoms with Crippen LogP contribution in [0.4, 0.5) is 0 Å². The molecule has 2 aliphatic carbocycles. The fourth-order valence-corrected chi connectivity index (χ4v) is 2.70. The quantitative estimate of drug-likeness (QED) is 0.268. The van der Waals surface area contributed by atoms with Crippen LogP contribution in [0.3, 0.4) is 0 Å². The molecule has 1 unspecified atom stereocenters. The number of benzene rings is 1. The van der Waals surface area contributed by atoms with E-state index >= 15 is 0 Å². The zero-order valence-electron chi connectivity index (χ0n) is 17.2. The van der Waals surface area contributed by atoms with E-state index < -0.39 is 6.04 Å². The second kappa shape index (κ2) is 15.3. The van der Waals surface area contributed by atoms with Crippen molar-refractivity contribution in [3.05, 3.63) is 109 Å². The first-order chi connectivity index (χ1) is 14.2. The Labute approximate surface area is 191 Å². The molecule has 0 amide bonds. The maximum atomic E-state index is 12.4. The van der Waals surface area contributed by atoms with Crippen molar-refractivity contribution in [1.82, 2.24) is 4.90 Å². The molecular weight excluding hydrogens is 414 g/mol. The average Bonchev–Trinajstić information content (AvgIpc) is 3.46. The molecule has 4 heteroatoms. The van der Waals surface area contributed by atoms with Crippen molar-refractivity contribution in [2.75, 3.05) is 13.2 Å². The van der Waals surface area contributed by atoms with Crippen LogP contribution in [0.15, 0.2) is 91.1 Å². The fourth-order valence-electron chi connectivity index (χ4n) is 2.70. The predicted octanol–water partition coefficient (Wildman–Crippen LogP) is 4.62. The number of rotatable bonds is 7. The van der Waals surface area contributed by atoms with Crippen LogP contribution in [0.2, 0.25) is 0 Å². The number of hydrogen-bond acceptors (Lipinski definition) is 3. The monoisotopic (exact) mass is 441 g/mol. The Bertz CT molecular complexity index is 831. The maximum Gasteiger partial charge on any atom is 0.335 e. The van der Waals surface area contributed by atoms with E-state index in [0.717, 1.165) is 11.1 Å².